The van der Waals surface area contributed by atoms with E-state index in [0.29, 0.717) is 81.8 Å². The van der Waals surface area contributed by atoms with Gasteiger partial charge < -0.3 is 79.9 Å². The number of esters is 5. The number of rotatable bonds is 21. The van der Waals surface area contributed by atoms with Gasteiger partial charge in [0.25, 0.3) is 0 Å². The van der Waals surface area contributed by atoms with Gasteiger partial charge in [-0.05, 0) is 132 Å². The first-order valence-electron chi connectivity index (χ1n) is 39.0. The molecule has 11 rings (SSSR count). The molecule has 0 spiro atoms. The predicted molar refractivity (Wildman–Crippen MR) is 494 cm³/mol. The minimum atomic E-state index is -0.470. The number of aromatic nitrogens is 5. The zero-order chi connectivity index (χ0) is 90.5. The van der Waals surface area contributed by atoms with Crippen LogP contribution in [0.15, 0.2) is 97.0 Å². The summed E-state index contributed by atoms with van der Waals surface area (Å²) in [6, 6.07) is 16.7. The summed E-state index contributed by atoms with van der Waals surface area (Å²) in [5.74, 6) is -1.78. The number of hydrogen-bond donors (Lipinski definition) is 10. The molecule has 1 aliphatic rings. The zero-order valence-electron chi connectivity index (χ0n) is 73.5. The van der Waals surface area contributed by atoms with Gasteiger partial charge >= 0.3 is 60.0 Å². The Kier molecular flexibility index (Phi) is 35.0. The molecule has 0 aliphatic heterocycles. The van der Waals surface area contributed by atoms with Gasteiger partial charge in [-0.25, -0.2) is 47.9 Å². The Morgan fingerprint density at radius 3 is 1.10 bits per heavy atom. The Bertz CT molecular complexity index is 5270. The molecular formula is C85H113N15O15S7. The van der Waals surface area contributed by atoms with Gasteiger partial charge in [0.1, 0.15) is 29.4 Å². The summed E-state index contributed by atoms with van der Waals surface area (Å²) >= 11 is 9.51. The van der Waals surface area contributed by atoms with E-state index >= 15 is 0 Å². The number of hydrogen-bond acceptors (Lipinski definition) is 24. The lowest BCUT2D eigenvalue weighted by Gasteiger charge is -2.15. The van der Waals surface area contributed by atoms with Gasteiger partial charge in [0.2, 0.25) is 5.13 Å². The lowest BCUT2D eigenvalue weighted by Crippen LogP contribution is -2.31. The van der Waals surface area contributed by atoms with Crippen molar-refractivity contribution in [3.05, 3.63) is 162 Å². The lowest BCUT2D eigenvalue weighted by atomic mass is 9.94. The van der Waals surface area contributed by atoms with E-state index in [1.54, 1.807) is 0 Å². The smallest absolute Gasteiger partial charge is 0.350 e. The fourth-order valence-corrected chi connectivity index (χ4v) is 17.8. The minimum absolute atomic E-state index is 0.115. The van der Waals surface area contributed by atoms with Crippen molar-refractivity contribution in [1.29, 1.82) is 0 Å². The predicted octanol–water partition coefficient (Wildman–Crippen LogP) is 21.6. The van der Waals surface area contributed by atoms with Crippen molar-refractivity contribution >= 4 is 189 Å². The van der Waals surface area contributed by atoms with Crippen LogP contribution in [0.1, 0.15) is 232 Å². The second-order valence-electron chi connectivity index (χ2n) is 33.1. The number of nitrogens with zero attached hydrogens (tertiary/aromatic N) is 5. The molecule has 10 heterocycles. The Morgan fingerprint density at radius 1 is 0.434 bits per heavy atom. The van der Waals surface area contributed by atoms with Gasteiger partial charge in [-0.3, -0.25) is 10.6 Å². The lowest BCUT2D eigenvalue weighted by molar-refractivity contribution is 0.0598. The normalized spacial score (nSPS) is 11.8. The summed E-state index contributed by atoms with van der Waals surface area (Å²) in [6.45, 7) is 39.1. The number of nitrogens with one attached hydrogen (secondary N) is 10. The number of thiophene rings is 6. The number of aryl methyl sites for hydroxylation is 4. The fourth-order valence-electron chi connectivity index (χ4n) is 10.7. The maximum Gasteiger partial charge on any atom is 0.350 e. The van der Waals surface area contributed by atoms with Crippen molar-refractivity contribution < 1.29 is 71.6 Å². The van der Waals surface area contributed by atoms with Crippen LogP contribution in [-0.4, -0.2) is 126 Å². The largest absolute Gasteiger partial charge is 0.465 e. The molecule has 10 aromatic heterocycles. The van der Waals surface area contributed by atoms with Crippen LogP contribution in [0.4, 0.5) is 73.9 Å². The summed E-state index contributed by atoms with van der Waals surface area (Å²) in [5.41, 5.74) is 5.33. The molecule has 0 saturated heterocycles. The Hall–Kier alpha value is -10.7. The number of anilines is 9. The van der Waals surface area contributed by atoms with Gasteiger partial charge in [-0.2, -0.15) is 0 Å². The molecule has 30 nitrogen and oxygen atoms in total. The third-order valence-electron chi connectivity index (χ3n) is 17.6. The number of methoxy groups -OCH3 is 5. The zero-order valence-corrected chi connectivity index (χ0v) is 79.2. The summed E-state index contributed by atoms with van der Waals surface area (Å²) < 4.78 is 30.1. The molecular weight excluding hydrogens is 1700 g/mol. The van der Waals surface area contributed by atoms with E-state index < -0.39 is 47.9 Å². The average molecular weight is 1810 g/mol. The topological polar surface area (TPSA) is 378 Å². The molecule has 0 aromatic carbocycles. The van der Waals surface area contributed by atoms with Gasteiger partial charge in [-0.1, -0.05) is 122 Å². The van der Waals surface area contributed by atoms with E-state index in [0.717, 1.165) is 84.4 Å². The van der Waals surface area contributed by atoms with E-state index in [9.17, 15) is 47.9 Å². The van der Waals surface area contributed by atoms with E-state index in [4.69, 9.17) is 23.7 Å². The molecule has 0 atom stereocenters. The highest BCUT2D eigenvalue weighted by molar-refractivity contribution is 7.17. The van der Waals surface area contributed by atoms with E-state index in [1.165, 1.54) is 115 Å². The number of urea groups is 5. The van der Waals surface area contributed by atoms with Gasteiger partial charge in [0.15, 0.2) is 0 Å². The van der Waals surface area contributed by atoms with Gasteiger partial charge in [-0.15, -0.1) is 78.2 Å². The first kappa shape index (κ1) is 98.4. The van der Waals surface area contributed by atoms with E-state index in [1.807, 2.05) is 152 Å². The summed E-state index contributed by atoms with van der Waals surface area (Å²) in [7, 11) is 8.62. The molecule has 1 saturated carbocycles. The van der Waals surface area contributed by atoms with Crippen molar-refractivity contribution in [1.82, 2.24) is 29.2 Å². The quantitative estimate of drug-likeness (QED) is 0.0236. The maximum absolute atomic E-state index is 12.3. The second-order valence-corrected chi connectivity index (χ2v) is 40.3. The Morgan fingerprint density at radius 2 is 0.787 bits per heavy atom. The molecule has 0 radical (unpaired) electrons. The first-order valence-corrected chi connectivity index (χ1v) is 44.8. The van der Waals surface area contributed by atoms with Crippen LogP contribution in [0.25, 0.3) is 0 Å². The van der Waals surface area contributed by atoms with Crippen molar-refractivity contribution in [3.63, 3.8) is 0 Å². The highest BCUT2D eigenvalue weighted by Crippen LogP contribution is 2.44. The van der Waals surface area contributed by atoms with Crippen molar-refractivity contribution in [2.75, 3.05) is 89.9 Å². The molecule has 10 aromatic rings. The SMILES string of the molecule is CCCn1ccc(NC(=O)Nc2cc(C(C)(C)C)sc2C(=O)OC)c1.CCn1ccc(NC(=O)Nc2cc(C(C)(C)C)sc2C(=O)OC)c1.COC(=O)c1sc(C(C)(C)C)cc1NC(=O)NCCc1cccn1C.COC(=O)c1sc(C(C)(C)C)cc1NC(=O)Nc1cc(C)cs1.COC(=O)c1sc(C(C)(C)C)cc1NC(=O)Nc1nnc(C2CC2)s1. The third kappa shape index (κ3) is 29.3. The standard InChI is InChI=1S/2C18H25N3O3S.C17H23N3O3S.C16H20N4O3S2.C16H20N2O3S2/c1-18(2,3)14-11-13(15(25-14)16(22)24-5)20-17(23)19-9-8-12-7-6-10-21(12)4;1-6-8-21-9-7-12(11-21)19-17(23)20-13-10-14(18(2,3)4)25-15(13)16(22)24-5;1-6-20-8-7-11(10-20)18-16(22)19-12-9-13(17(2,3)4)24-14(12)15(21)23-5;1-16(2,3)10-7-9(11(24-10)13(21)23-4)17-14(22)18-15-20-19-12(25-15)8-5-6-8;1-9-6-12(22-8-9)18-15(20)17-10-7-11(16(2,3)4)23-13(10)14(19)21-5/h6-7,10-11H,8-9H2,1-5H3,(H2,19,20,23);7,9-11H,6,8H2,1-5H3,(H2,19,20,23);7-10H,6H2,1-5H3,(H2,18,19,22);7-8H,5-6H2,1-4H3,(H2,17,18,20,22);6-8H,1-5H3,(H2,17,18,20). The fraction of sp³-hybridized carbons (Fsp3) is 0.435. The summed E-state index contributed by atoms with van der Waals surface area (Å²) in [5, 5.41) is 39.7. The number of amides is 10. The van der Waals surface area contributed by atoms with Crippen LogP contribution in [0.3, 0.4) is 0 Å². The Labute approximate surface area is 740 Å². The van der Waals surface area contributed by atoms with Crippen LogP contribution in [-0.2, 0) is 77.3 Å². The molecule has 10 amide bonds. The van der Waals surface area contributed by atoms with Crippen LogP contribution in [0.5, 0.6) is 0 Å². The van der Waals surface area contributed by atoms with Gasteiger partial charge in [0, 0.05) is 100 Å². The summed E-state index contributed by atoms with van der Waals surface area (Å²) in [6.07, 6.45) is 13.5. The van der Waals surface area contributed by atoms with Crippen molar-refractivity contribution in [2.45, 2.75) is 196 Å². The monoisotopic (exact) mass is 1810 g/mol. The molecule has 122 heavy (non-hydrogen) atoms. The van der Waals surface area contributed by atoms with Crippen molar-refractivity contribution in [2.24, 2.45) is 7.05 Å². The van der Waals surface area contributed by atoms with E-state index in [2.05, 4.69) is 153 Å². The molecule has 10 N–H and O–H groups in total. The van der Waals surface area contributed by atoms with Crippen molar-refractivity contribution in [3.8, 4) is 0 Å². The molecule has 1 aliphatic carbocycles. The Balaban J connectivity index is 0.000000210. The molecule has 1 fully saturated rings. The van der Waals surface area contributed by atoms with Crippen LogP contribution < -0.4 is 53.2 Å². The highest BCUT2D eigenvalue weighted by Gasteiger charge is 2.32. The summed E-state index contributed by atoms with van der Waals surface area (Å²) in [4.78, 5) is 128. The van der Waals surface area contributed by atoms with E-state index in [-0.39, 0.29) is 39.1 Å². The highest BCUT2D eigenvalue weighted by atomic mass is 32.1. The second kappa shape index (κ2) is 43.4. The average Bonchev–Trinajstić information content (AvgIpc) is 1.68. The maximum atomic E-state index is 12.3. The van der Waals surface area contributed by atoms with Crippen LogP contribution >= 0.6 is 79.4 Å². The molecule has 0 unspecified atom stereocenters. The number of carbonyl (C=O) groups is 10. The third-order valence-corrected chi connectivity index (χ3v) is 27.3. The molecule has 0 bridgehead atoms. The molecule has 660 valence electrons. The van der Waals surface area contributed by atoms with Crippen LogP contribution in [0, 0.1) is 6.92 Å². The van der Waals surface area contributed by atoms with Crippen LogP contribution in [0.2, 0.25) is 0 Å². The number of ether oxygens (including phenoxy) is 5. The first-order chi connectivity index (χ1) is 57.2. The number of carbonyl (C=O) groups excluding carboxylic acids is 10. The minimum Gasteiger partial charge on any atom is -0.465 e. The van der Waals surface area contributed by atoms with Gasteiger partial charge in [0.05, 0.1) is 80.4 Å². The molecule has 37 heteroatoms.